The average Bonchev–Trinajstić information content (AvgIpc) is 2.70. The molecule has 2 N–H and O–H groups in total. The van der Waals surface area contributed by atoms with Gasteiger partial charge in [-0.15, -0.1) is 0 Å². The van der Waals surface area contributed by atoms with E-state index in [4.69, 9.17) is 10.5 Å². The number of nitrogens with two attached hydrogens (primary N) is 1. The summed E-state index contributed by atoms with van der Waals surface area (Å²) in [6.07, 6.45) is 2.87. The van der Waals surface area contributed by atoms with Crippen molar-refractivity contribution in [2.24, 2.45) is 11.1 Å². The van der Waals surface area contributed by atoms with E-state index in [0.717, 1.165) is 30.6 Å². The largest absolute Gasteiger partial charge is 0.497 e. The Bertz CT molecular complexity index is 413. The van der Waals surface area contributed by atoms with Gasteiger partial charge >= 0.3 is 0 Å². The van der Waals surface area contributed by atoms with Crippen LogP contribution >= 0.6 is 0 Å². The van der Waals surface area contributed by atoms with Gasteiger partial charge in [0.05, 0.1) is 7.11 Å². The maximum Gasteiger partial charge on any atom is 0.170 e. The molecule has 0 aliphatic heterocycles. The van der Waals surface area contributed by atoms with Crippen LogP contribution in [0.5, 0.6) is 5.75 Å². The normalized spacial score (nSPS) is 28.1. The number of methoxy groups -OCH3 is 1. The van der Waals surface area contributed by atoms with Crippen LogP contribution in [0.3, 0.4) is 0 Å². The lowest BCUT2D eigenvalue weighted by Crippen LogP contribution is -2.41. The summed E-state index contributed by atoms with van der Waals surface area (Å²) >= 11 is 0. The van der Waals surface area contributed by atoms with Crippen molar-refractivity contribution in [2.75, 3.05) is 7.11 Å². The fourth-order valence-corrected chi connectivity index (χ4v) is 2.55. The van der Waals surface area contributed by atoms with Crippen LogP contribution < -0.4 is 10.5 Å². The summed E-state index contributed by atoms with van der Waals surface area (Å²) < 4.78 is 5.08. The van der Waals surface area contributed by atoms with Crippen molar-refractivity contribution in [3.05, 3.63) is 29.8 Å². The molecule has 2 rings (SSSR count). The van der Waals surface area contributed by atoms with Crippen molar-refractivity contribution in [1.29, 1.82) is 0 Å². The standard InChI is InChI=1S/C14H19NO2/c1-14(9-3-4-12(14)15)13(16)10-5-7-11(17-2)8-6-10/h5-8,12H,3-4,9,15H2,1-2H3. The predicted molar refractivity (Wildman–Crippen MR) is 67.3 cm³/mol. The number of hydrogen-bond donors (Lipinski definition) is 1. The van der Waals surface area contributed by atoms with Crippen molar-refractivity contribution >= 4 is 5.78 Å². The van der Waals surface area contributed by atoms with Crippen molar-refractivity contribution in [3.63, 3.8) is 0 Å². The van der Waals surface area contributed by atoms with E-state index in [1.165, 1.54) is 0 Å². The van der Waals surface area contributed by atoms with E-state index >= 15 is 0 Å². The predicted octanol–water partition coefficient (Wildman–Crippen LogP) is 2.40. The molecule has 2 atom stereocenters. The first kappa shape index (κ1) is 12.1. The molecule has 1 aromatic rings. The summed E-state index contributed by atoms with van der Waals surface area (Å²) in [5.74, 6) is 0.924. The summed E-state index contributed by atoms with van der Waals surface area (Å²) in [6.45, 7) is 1.98. The average molecular weight is 233 g/mol. The Hall–Kier alpha value is -1.35. The van der Waals surface area contributed by atoms with Crippen LogP contribution in [-0.4, -0.2) is 18.9 Å². The van der Waals surface area contributed by atoms with Gasteiger partial charge in [0, 0.05) is 17.0 Å². The number of benzene rings is 1. The molecule has 3 heteroatoms. The molecule has 0 bridgehead atoms. The van der Waals surface area contributed by atoms with Crippen LogP contribution in [-0.2, 0) is 0 Å². The Labute approximate surface area is 102 Å². The fourth-order valence-electron chi connectivity index (χ4n) is 2.55. The lowest BCUT2D eigenvalue weighted by molar-refractivity contribution is 0.0802. The molecular weight excluding hydrogens is 214 g/mol. The first-order valence-corrected chi connectivity index (χ1v) is 6.02. The highest BCUT2D eigenvalue weighted by Crippen LogP contribution is 2.39. The zero-order chi connectivity index (χ0) is 12.5. The topological polar surface area (TPSA) is 52.3 Å². The first-order chi connectivity index (χ1) is 8.08. The van der Waals surface area contributed by atoms with Gasteiger partial charge in [-0.2, -0.15) is 0 Å². The first-order valence-electron chi connectivity index (χ1n) is 6.02. The molecule has 17 heavy (non-hydrogen) atoms. The van der Waals surface area contributed by atoms with E-state index < -0.39 is 5.41 Å². The third-order valence-corrected chi connectivity index (χ3v) is 3.90. The lowest BCUT2D eigenvalue weighted by Gasteiger charge is -2.27. The summed E-state index contributed by atoms with van der Waals surface area (Å²) in [6, 6.07) is 7.25. The summed E-state index contributed by atoms with van der Waals surface area (Å²) in [7, 11) is 1.62. The SMILES string of the molecule is COc1ccc(C(=O)C2(C)CCCC2N)cc1. The van der Waals surface area contributed by atoms with Crippen molar-refractivity contribution in [3.8, 4) is 5.75 Å². The maximum atomic E-state index is 12.5. The van der Waals surface area contributed by atoms with Gasteiger partial charge in [-0.25, -0.2) is 0 Å². The van der Waals surface area contributed by atoms with Crippen molar-refractivity contribution in [2.45, 2.75) is 32.2 Å². The molecule has 92 valence electrons. The Morgan fingerprint density at radius 2 is 2.06 bits per heavy atom. The van der Waals surface area contributed by atoms with Gasteiger partial charge in [0.25, 0.3) is 0 Å². The maximum absolute atomic E-state index is 12.5. The highest BCUT2D eigenvalue weighted by Gasteiger charge is 2.42. The monoisotopic (exact) mass is 233 g/mol. The number of ketones is 1. The van der Waals surface area contributed by atoms with Crippen LogP contribution in [0.4, 0.5) is 0 Å². The van der Waals surface area contributed by atoms with E-state index in [1.807, 2.05) is 31.2 Å². The van der Waals surface area contributed by atoms with Gasteiger partial charge in [0.2, 0.25) is 0 Å². The molecule has 1 fully saturated rings. The van der Waals surface area contributed by atoms with Gasteiger partial charge in [-0.1, -0.05) is 13.3 Å². The van der Waals surface area contributed by atoms with Crippen LogP contribution in [0.1, 0.15) is 36.5 Å². The fraction of sp³-hybridized carbons (Fsp3) is 0.500. The Kier molecular flexibility index (Phi) is 3.20. The summed E-state index contributed by atoms with van der Waals surface area (Å²) in [4.78, 5) is 12.5. The minimum atomic E-state index is -0.394. The van der Waals surface area contributed by atoms with Gasteiger partial charge in [-0.3, -0.25) is 4.79 Å². The smallest absolute Gasteiger partial charge is 0.170 e. The van der Waals surface area contributed by atoms with E-state index in [9.17, 15) is 4.79 Å². The van der Waals surface area contributed by atoms with E-state index in [0.29, 0.717) is 0 Å². The molecule has 1 aromatic carbocycles. The van der Waals surface area contributed by atoms with Crippen LogP contribution in [0, 0.1) is 5.41 Å². The molecule has 0 saturated heterocycles. The second-order valence-electron chi connectivity index (χ2n) is 4.97. The molecule has 2 unspecified atom stereocenters. The number of rotatable bonds is 3. The molecule has 1 aliphatic rings. The van der Waals surface area contributed by atoms with Gasteiger partial charge in [-0.05, 0) is 37.1 Å². The molecule has 3 nitrogen and oxygen atoms in total. The van der Waals surface area contributed by atoms with Crippen LogP contribution in [0.2, 0.25) is 0 Å². The van der Waals surface area contributed by atoms with Crippen molar-refractivity contribution < 1.29 is 9.53 Å². The number of hydrogen-bond acceptors (Lipinski definition) is 3. The summed E-state index contributed by atoms with van der Waals surface area (Å²) in [5.41, 5.74) is 6.40. The van der Waals surface area contributed by atoms with Crippen molar-refractivity contribution in [1.82, 2.24) is 0 Å². The Morgan fingerprint density at radius 3 is 2.53 bits per heavy atom. The number of ether oxygens (including phenoxy) is 1. The number of carbonyl (C=O) groups is 1. The number of Topliss-reactive ketones (excluding diaryl/α,β-unsaturated/α-hetero) is 1. The molecule has 0 aromatic heterocycles. The molecule has 0 heterocycles. The molecule has 1 saturated carbocycles. The highest BCUT2D eigenvalue weighted by atomic mass is 16.5. The second-order valence-corrected chi connectivity index (χ2v) is 4.97. The molecule has 0 amide bonds. The second kappa shape index (κ2) is 4.49. The zero-order valence-electron chi connectivity index (χ0n) is 10.4. The van der Waals surface area contributed by atoms with Gasteiger partial charge in [0.15, 0.2) is 5.78 Å². The zero-order valence-corrected chi connectivity index (χ0v) is 10.4. The Balaban J connectivity index is 2.24. The van der Waals surface area contributed by atoms with E-state index in [2.05, 4.69) is 0 Å². The lowest BCUT2D eigenvalue weighted by atomic mass is 9.78. The van der Waals surface area contributed by atoms with Crippen LogP contribution in [0.25, 0.3) is 0 Å². The highest BCUT2D eigenvalue weighted by molar-refractivity contribution is 6.01. The van der Waals surface area contributed by atoms with Gasteiger partial charge in [0.1, 0.15) is 5.75 Å². The van der Waals surface area contributed by atoms with Crippen LogP contribution in [0.15, 0.2) is 24.3 Å². The molecule has 0 radical (unpaired) electrons. The van der Waals surface area contributed by atoms with Gasteiger partial charge < -0.3 is 10.5 Å². The Morgan fingerprint density at radius 1 is 1.41 bits per heavy atom. The molecule has 0 spiro atoms. The number of carbonyl (C=O) groups excluding carboxylic acids is 1. The minimum absolute atomic E-state index is 0.0166. The molecule has 1 aliphatic carbocycles. The minimum Gasteiger partial charge on any atom is -0.497 e. The quantitative estimate of drug-likeness (QED) is 0.816. The molecular formula is C14H19NO2. The summed E-state index contributed by atoms with van der Waals surface area (Å²) in [5, 5.41) is 0. The van der Waals surface area contributed by atoms with E-state index in [-0.39, 0.29) is 11.8 Å². The third-order valence-electron chi connectivity index (χ3n) is 3.90. The van der Waals surface area contributed by atoms with E-state index in [1.54, 1.807) is 7.11 Å². The third kappa shape index (κ3) is 2.07.